The Kier molecular flexibility index (Phi) is 5.37. The lowest BCUT2D eigenvalue weighted by molar-refractivity contribution is -0.120. The number of fused-ring (bicyclic) bond motifs is 1. The van der Waals surface area contributed by atoms with E-state index in [2.05, 4.69) is 11.1 Å². The van der Waals surface area contributed by atoms with Gasteiger partial charge in [0.1, 0.15) is 12.2 Å². The molecule has 0 aliphatic carbocycles. The van der Waals surface area contributed by atoms with Gasteiger partial charge in [-0.3, -0.25) is 9.59 Å². The molecule has 3 heterocycles. The smallest absolute Gasteiger partial charge is 0.272 e. The van der Waals surface area contributed by atoms with Crippen LogP contribution < -0.4 is 4.90 Å². The minimum Gasteiger partial charge on any atom is -0.326 e. The minimum absolute atomic E-state index is 0.000532. The van der Waals surface area contributed by atoms with Gasteiger partial charge >= 0.3 is 0 Å². The van der Waals surface area contributed by atoms with E-state index in [0.717, 1.165) is 22.2 Å². The van der Waals surface area contributed by atoms with E-state index in [0.29, 0.717) is 29.4 Å². The van der Waals surface area contributed by atoms with Crippen LogP contribution in [0.25, 0.3) is 0 Å². The molecule has 0 radical (unpaired) electrons. The van der Waals surface area contributed by atoms with Crippen molar-refractivity contribution in [2.45, 2.75) is 11.2 Å². The Bertz CT molecular complexity index is 1250. The van der Waals surface area contributed by atoms with Gasteiger partial charge in [0, 0.05) is 29.6 Å². The molecule has 2 aliphatic rings. The van der Waals surface area contributed by atoms with Crippen LogP contribution in [0.2, 0.25) is 5.02 Å². The maximum absolute atomic E-state index is 13.4. The largest absolute Gasteiger partial charge is 0.326 e. The summed E-state index contributed by atoms with van der Waals surface area (Å²) in [4.78, 5) is 33.8. The number of hydrogen-bond acceptors (Lipinski definition) is 5. The van der Waals surface area contributed by atoms with Gasteiger partial charge in [-0.25, -0.2) is 4.98 Å². The first-order valence-corrected chi connectivity index (χ1v) is 11.5. The standard InChI is InChI=1S/C23H18ClN5O2S/c24-17-2-1-3-18(10-17)28-9-8-27(13-21(28)30)22(31)19-12-26-23-29(19)20(14-32-23)16-6-4-15(11-25)5-7-16/h1-7,10,12,20H,8-9,13-14H2. The molecule has 1 unspecified atom stereocenters. The summed E-state index contributed by atoms with van der Waals surface area (Å²) in [5.41, 5.74) is 2.82. The number of nitriles is 1. The lowest BCUT2D eigenvalue weighted by atomic mass is 10.1. The highest BCUT2D eigenvalue weighted by Crippen LogP contribution is 2.38. The molecule has 5 rings (SSSR count). The third-order valence-electron chi connectivity index (χ3n) is 5.72. The van der Waals surface area contributed by atoms with Gasteiger partial charge in [0.25, 0.3) is 5.91 Å². The summed E-state index contributed by atoms with van der Waals surface area (Å²) in [7, 11) is 0. The number of aromatic nitrogens is 2. The molecule has 1 atom stereocenters. The van der Waals surface area contributed by atoms with E-state index >= 15 is 0 Å². The molecule has 2 aliphatic heterocycles. The van der Waals surface area contributed by atoms with E-state index in [1.54, 1.807) is 58.1 Å². The molecule has 0 saturated carbocycles. The van der Waals surface area contributed by atoms with Crippen LogP contribution in [0.3, 0.4) is 0 Å². The number of nitrogens with zero attached hydrogens (tertiary/aromatic N) is 5. The third kappa shape index (κ3) is 3.64. The molecule has 7 nitrogen and oxygen atoms in total. The zero-order valence-corrected chi connectivity index (χ0v) is 18.5. The lowest BCUT2D eigenvalue weighted by Gasteiger charge is -2.34. The predicted octanol–water partition coefficient (Wildman–Crippen LogP) is 3.59. The molecule has 2 amide bonds. The van der Waals surface area contributed by atoms with E-state index in [1.807, 2.05) is 22.8 Å². The molecule has 1 saturated heterocycles. The number of carbonyl (C=O) groups is 2. The number of rotatable bonds is 3. The first-order valence-electron chi connectivity index (χ1n) is 10.1. The summed E-state index contributed by atoms with van der Waals surface area (Å²) >= 11 is 7.66. The number of thioether (sulfide) groups is 1. The van der Waals surface area contributed by atoms with Crippen LogP contribution in [-0.4, -0.2) is 51.7 Å². The van der Waals surface area contributed by atoms with Gasteiger partial charge in [0.15, 0.2) is 5.16 Å². The average Bonchev–Trinajstić information content (AvgIpc) is 3.41. The number of piperazine rings is 1. The van der Waals surface area contributed by atoms with E-state index in [9.17, 15) is 9.59 Å². The molecule has 2 aromatic carbocycles. The molecule has 1 fully saturated rings. The topological polar surface area (TPSA) is 82.2 Å². The van der Waals surface area contributed by atoms with Crippen molar-refractivity contribution in [3.05, 3.63) is 76.6 Å². The first kappa shape index (κ1) is 20.6. The first-order chi connectivity index (χ1) is 15.5. The molecule has 0 spiro atoms. The summed E-state index contributed by atoms with van der Waals surface area (Å²) in [6.07, 6.45) is 1.59. The van der Waals surface area contributed by atoms with Gasteiger partial charge in [-0.2, -0.15) is 5.26 Å². The van der Waals surface area contributed by atoms with E-state index in [-0.39, 0.29) is 24.4 Å². The van der Waals surface area contributed by atoms with Crippen LogP contribution in [0.5, 0.6) is 0 Å². The van der Waals surface area contributed by atoms with Crippen LogP contribution in [0, 0.1) is 11.3 Å². The fourth-order valence-corrected chi connectivity index (χ4v) is 5.41. The van der Waals surface area contributed by atoms with Gasteiger partial charge in [0.05, 0.1) is 23.9 Å². The van der Waals surface area contributed by atoms with Crippen molar-refractivity contribution in [2.24, 2.45) is 0 Å². The van der Waals surface area contributed by atoms with Crippen molar-refractivity contribution in [3.8, 4) is 6.07 Å². The van der Waals surface area contributed by atoms with Gasteiger partial charge in [-0.1, -0.05) is 41.6 Å². The minimum atomic E-state index is -0.205. The number of carbonyl (C=O) groups excluding carboxylic acids is 2. The Balaban J connectivity index is 1.36. The number of halogens is 1. The molecule has 9 heteroatoms. The van der Waals surface area contributed by atoms with Crippen LogP contribution in [0.1, 0.15) is 27.7 Å². The Morgan fingerprint density at radius 1 is 1.19 bits per heavy atom. The van der Waals surface area contributed by atoms with Crippen LogP contribution in [0.15, 0.2) is 59.9 Å². The zero-order chi connectivity index (χ0) is 22.2. The highest BCUT2D eigenvalue weighted by atomic mass is 35.5. The van der Waals surface area contributed by atoms with Gasteiger partial charge in [-0.05, 0) is 35.9 Å². The monoisotopic (exact) mass is 463 g/mol. The highest BCUT2D eigenvalue weighted by molar-refractivity contribution is 7.99. The number of benzene rings is 2. The summed E-state index contributed by atoms with van der Waals surface area (Å²) in [5.74, 6) is 0.409. The zero-order valence-electron chi connectivity index (χ0n) is 16.9. The van der Waals surface area contributed by atoms with E-state index in [4.69, 9.17) is 16.9 Å². The maximum atomic E-state index is 13.4. The van der Waals surface area contributed by atoms with Crippen molar-refractivity contribution >= 4 is 40.9 Å². The van der Waals surface area contributed by atoms with Crippen LogP contribution in [-0.2, 0) is 4.79 Å². The lowest BCUT2D eigenvalue weighted by Crippen LogP contribution is -2.52. The quantitative estimate of drug-likeness (QED) is 0.592. The SMILES string of the molecule is N#Cc1ccc(C2CSc3ncc(C(=O)N4CCN(c5cccc(Cl)c5)C(=O)C4)n32)cc1. The van der Waals surface area contributed by atoms with Gasteiger partial charge in [-0.15, -0.1) is 0 Å². The second-order valence-corrected chi connectivity index (χ2v) is 9.03. The fraction of sp³-hybridized carbons (Fsp3) is 0.217. The Hall–Kier alpha value is -3.28. The fourth-order valence-electron chi connectivity index (χ4n) is 4.09. The van der Waals surface area contributed by atoms with Crippen LogP contribution >= 0.6 is 23.4 Å². The molecule has 1 aromatic heterocycles. The highest BCUT2D eigenvalue weighted by Gasteiger charge is 2.34. The Morgan fingerprint density at radius 2 is 2.00 bits per heavy atom. The van der Waals surface area contributed by atoms with Gasteiger partial charge < -0.3 is 14.4 Å². The van der Waals surface area contributed by atoms with E-state index < -0.39 is 0 Å². The number of amides is 2. The summed E-state index contributed by atoms with van der Waals surface area (Å²) < 4.78 is 1.95. The Labute approximate surface area is 194 Å². The number of hydrogen-bond donors (Lipinski definition) is 0. The summed E-state index contributed by atoms with van der Waals surface area (Å²) in [6, 6.07) is 16.6. The van der Waals surface area contributed by atoms with E-state index in [1.165, 1.54) is 0 Å². The Morgan fingerprint density at radius 3 is 2.72 bits per heavy atom. The average molecular weight is 464 g/mol. The molecule has 32 heavy (non-hydrogen) atoms. The predicted molar refractivity (Wildman–Crippen MR) is 122 cm³/mol. The maximum Gasteiger partial charge on any atom is 0.272 e. The van der Waals surface area contributed by atoms with Crippen molar-refractivity contribution in [1.82, 2.24) is 14.5 Å². The third-order valence-corrected chi connectivity index (χ3v) is 6.99. The molecular weight excluding hydrogens is 446 g/mol. The molecular formula is C23H18ClN5O2S. The van der Waals surface area contributed by atoms with Crippen LogP contribution in [0.4, 0.5) is 5.69 Å². The van der Waals surface area contributed by atoms with Crippen molar-refractivity contribution in [3.63, 3.8) is 0 Å². The molecule has 0 bridgehead atoms. The van der Waals surface area contributed by atoms with Crippen molar-refractivity contribution in [1.29, 1.82) is 5.26 Å². The van der Waals surface area contributed by atoms with Gasteiger partial charge in [0.2, 0.25) is 5.91 Å². The molecule has 0 N–H and O–H groups in total. The number of anilines is 1. The summed E-state index contributed by atoms with van der Waals surface area (Å²) in [5, 5.41) is 10.4. The normalized spacial score (nSPS) is 17.9. The second-order valence-electron chi connectivity index (χ2n) is 7.61. The summed E-state index contributed by atoms with van der Waals surface area (Å²) in [6.45, 7) is 0.826. The number of imidazole rings is 1. The van der Waals surface area contributed by atoms with Crippen molar-refractivity contribution in [2.75, 3.05) is 30.3 Å². The second kappa shape index (κ2) is 8.34. The molecule has 3 aromatic rings. The van der Waals surface area contributed by atoms with Crippen molar-refractivity contribution < 1.29 is 9.59 Å². The molecule has 160 valence electrons.